The summed E-state index contributed by atoms with van der Waals surface area (Å²) < 4.78 is 6.56. The molecule has 1 aromatic heterocycles. The van der Waals surface area contributed by atoms with Crippen LogP contribution in [0.2, 0.25) is 25.1 Å². The molecule has 0 bridgehead atoms. The Morgan fingerprint density at radius 3 is 2.14 bits per heavy atom. The van der Waals surface area contributed by atoms with E-state index < -0.39 is 23.4 Å². The molecule has 0 saturated heterocycles. The molecule has 4 aromatic rings. The third kappa shape index (κ3) is 5.71. The Bertz CT molecular complexity index is 1980. The average Bonchev–Trinajstić information content (AvgIpc) is 3.26. The van der Waals surface area contributed by atoms with E-state index in [-0.39, 0.29) is 31.2 Å². The summed E-state index contributed by atoms with van der Waals surface area (Å²) in [5, 5.41) is 4.54. The molecule has 3 N–H and O–H groups in total. The second-order valence-electron chi connectivity index (χ2n) is 8.99. The van der Waals surface area contributed by atoms with Gasteiger partial charge in [0.05, 0.1) is 28.7 Å². The predicted octanol–water partition coefficient (Wildman–Crippen LogP) is 5.89. The van der Waals surface area contributed by atoms with Crippen LogP contribution in [0.3, 0.4) is 0 Å². The van der Waals surface area contributed by atoms with Gasteiger partial charge in [0.25, 0.3) is 11.5 Å². The molecule has 2 heterocycles. The normalized spacial score (nSPS) is 15.0. The Morgan fingerprint density at radius 1 is 0.905 bits per heavy atom. The van der Waals surface area contributed by atoms with Crippen molar-refractivity contribution >= 4 is 104 Å². The van der Waals surface area contributed by atoms with Crippen molar-refractivity contribution in [2.75, 3.05) is 12.4 Å². The number of anilines is 1. The number of aromatic nitrogens is 1. The van der Waals surface area contributed by atoms with Crippen molar-refractivity contribution in [3.8, 4) is 0 Å². The molecule has 13 heteroatoms. The number of halogens is 5. The molecule has 1 amide bonds. The second-order valence-corrected chi connectivity index (χ2v) is 12.1. The van der Waals surface area contributed by atoms with Gasteiger partial charge < -0.3 is 15.8 Å². The number of fused-ring (bicyclic) bond motifs is 1. The topological polar surface area (TPSA) is 103 Å². The van der Waals surface area contributed by atoms with Gasteiger partial charge in [-0.3, -0.25) is 14.2 Å². The quantitative estimate of drug-likeness (QED) is 0.256. The number of nitrogens with zero attached hydrogens (tertiary/aromatic N) is 1. The number of methoxy groups -OCH3 is 1. The molecule has 1 atom stereocenters. The van der Waals surface area contributed by atoms with Gasteiger partial charge in [0, 0.05) is 30.8 Å². The van der Waals surface area contributed by atoms with Crippen molar-refractivity contribution in [1.82, 2.24) is 4.57 Å². The van der Waals surface area contributed by atoms with Gasteiger partial charge in [-0.2, -0.15) is 0 Å². The standard InChI is InChI=1S/C29H18Cl5N3O4S/c1-41-29(40)23-22(18-9-6-16(32)12-20(18)34)24(26(38)36-17-7-4-14(30)5-8-17)28-37(25(23)35)27(39)21(42-28)10-13-2-3-15(31)11-19(13)33/h2-12,22H,35H2,1H3,(H,36,38)/b21-10+. The number of nitrogens with two attached hydrogens (primary N) is 1. The second kappa shape index (κ2) is 12.2. The summed E-state index contributed by atoms with van der Waals surface area (Å²) in [4.78, 5) is 41.1. The van der Waals surface area contributed by atoms with Crippen LogP contribution in [0, 0.1) is 0 Å². The van der Waals surface area contributed by atoms with E-state index in [1.165, 1.54) is 13.2 Å². The van der Waals surface area contributed by atoms with Crippen LogP contribution in [-0.4, -0.2) is 23.6 Å². The molecule has 0 spiro atoms. The first-order chi connectivity index (χ1) is 20.0. The van der Waals surface area contributed by atoms with E-state index in [2.05, 4.69) is 5.32 Å². The number of carbonyl (C=O) groups is 2. The lowest BCUT2D eigenvalue weighted by atomic mass is 9.82. The molecule has 3 aromatic carbocycles. The highest BCUT2D eigenvalue weighted by atomic mass is 35.5. The first-order valence-corrected chi connectivity index (χ1v) is 14.7. The Balaban J connectivity index is 1.86. The zero-order valence-electron chi connectivity index (χ0n) is 21.4. The maximum Gasteiger partial charge on any atom is 0.338 e. The van der Waals surface area contributed by atoms with Crippen molar-refractivity contribution in [2.45, 2.75) is 5.92 Å². The van der Waals surface area contributed by atoms with E-state index in [9.17, 15) is 14.4 Å². The monoisotopic (exact) mass is 679 g/mol. The highest BCUT2D eigenvalue weighted by Gasteiger charge is 2.40. The maximum absolute atomic E-state index is 14.1. The van der Waals surface area contributed by atoms with Gasteiger partial charge in [-0.15, -0.1) is 11.3 Å². The van der Waals surface area contributed by atoms with Gasteiger partial charge in [0.1, 0.15) is 10.5 Å². The maximum atomic E-state index is 14.1. The van der Waals surface area contributed by atoms with Gasteiger partial charge in [-0.05, 0) is 65.7 Å². The number of thiazole rings is 1. The highest BCUT2D eigenvalue weighted by Crippen LogP contribution is 2.41. The fourth-order valence-corrected chi connectivity index (χ4v) is 6.79. The van der Waals surface area contributed by atoms with E-state index >= 15 is 0 Å². The van der Waals surface area contributed by atoms with Gasteiger partial charge in [-0.1, -0.05) is 70.1 Å². The third-order valence-electron chi connectivity index (χ3n) is 6.42. The largest absolute Gasteiger partial charge is 0.466 e. The zero-order valence-corrected chi connectivity index (χ0v) is 26.0. The molecular weight excluding hydrogens is 664 g/mol. The van der Waals surface area contributed by atoms with Crippen LogP contribution in [0.4, 0.5) is 5.69 Å². The Morgan fingerprint density at radius 2 is 1.52 bits per heavy atom. The first kappa shape index (κ1) is 30.2. The Hall–Kier alpha value is -3.24. The summed E-state index contributed by atoms with van der Waals surface area (Å²) in [7, 11) is 1.17. The molecule has 42 heavy (non-hydrogen) atoms. The van der Waals surface area contributed by atoms with Gasteiger partial charge in [0.15, 0.2) is 0 Å². The molecule has 0 radical (unpaired) electrons. The number of ether oxygens (including phenoxy) is 1. The van der Waals surface area contributed by atoms with Crippen LogP contribution < -0.4 is 25.8 Å². The fraction of sp³-hybridized carbons (Fsp3) is 0.0690. The minimum atomic E-state index is -1.13. The molecule has 214 valence electrons. The summed E-state index contributed by atoms with van der Waals surface area (Å²) in [6.07, 6.45) is 1.56. The van der Waals surface area contributed by atoms with Gasteiger partial charge in [-0.25, -0.2) is 4.79 Å². The van der Waals surface area contributed by atoms with E-state index in [1.54, 1.807) is 60.7 Å². The smallest absolute Gasteiger partial charge is 0.338 e. The first-order valence-electron chi connectivity index (χ1n) is 12.0. The van der Waals surface area contributed by atoms with Crippen LogP contribution in [0.5, 0.6) is 0 Å². The van der Waals surface area contributed by atoms with Crippen molar-refractivity contribution in [3.05, 3.63) is 122 Å². The third-order valence-corrected chi connectivity index (χ3v) is 8.91. The summed E-state index contributed by atoms with van der Waals surface area (Å²) in [5.74, 6) is -2.80. The lowest BCUT2D eigenvalue weighted by Gasteiger charge is -2.28. The number of rotatable bonds is 5. The Kier molecular flexibility index (Phi) is 8.76. The summed E-state index contributed by atoms with van der Waals surface area (Å²) in [6.45, 7) is 0. The van der Waals surface area contributed by atoms with E-state index in [4.69, 9.17) is 68.5 Å². The van der Waals surface area contributed by atoms with Crippen LogP contribution in [0.15, 0.2) is 71.0 Å². The number of nitrogens with one attached hydrogen (secondary N) is 1. The molecular formula is C29H18Cl5N3O4S. The van der Waals surface area contributed by atoms with E-state index in [0.29, 0.717) is 36.9 Å². The number of carbonyl (C=O) groups excluding carboxylic acids is 2. The summed E-state index contributed by atoms with van der Waals surface area (Å²) >= 11 is 32.2. The molecule has 1 aliphatic rings. The minimum Gasteiger partial charge on any atom is -0.466 e. The molecule has 0 aliphatic carbocycles. The van der Waals surface area contributed by atoms with E-state index in [0.717, 1.165) is 15.9 Å². The number of amides is 1. The van der Waals surface area contributed by atoms with Crippen LogP contribution in [-0.2, 0) is 14.3 Å². The van der Waals surface area contributed by atoms with Crippen LogP contribution in [0.1, 0.15) is 17.0 Å². The Labute approximate surface area is 268 Å². The van der Waals surface area contributed by atoms with Crippen molar-refractivity contribution < 1.29 is 14.3 Å². The van der Waals surface area contributed by atoms with Gasteiger partial charge >= 0.3 is 5.97 Å². The summed E-state index contributed by atoms with van der Waals surface area (Å²) in [6, 6.07) is 15.9. The highest BCUT2D eigenvalue weighted by molar-refractivity contribution is 7.07. The average molecular weight is 682 g/mol. The van der Waals surface area contributed by atoms with Gasteiger partial charge in [0.2, 0.25) is 0 Å². The molecule has 1 unspecified atom stereocenters. The fourth-order valence-electron chi connectivity index (χ4n) is 4.52. The van der Waals surface area contributed by atoms with Crippen molar-refractivity contribution in [1.29, 1.82) is 0 Å². The molecule has 0 saturated carbocycles. The number of benzene rings is 3. The number of hydrogen-bond acceptors (Lipinski definition) is 6. The van der Waals surface area contributed by atoms with E-state index in [1.807, 2.05) is 0 Å². The minimum absolute atomic E-state index is 0.0349. The van der Waals surface area contributed by atoms with Crippen LogP contribution in [0.25, 0.3) is 17.5 Å². The number of esters is 1. The molecule has 5 rings (SSSR count). The zero-order chi connectivity index (χ0) is 30.3. The lowest BCUT2D eigenvalue weighted by molar-refractivity contribution is -0.136. The molecule has 0 fully saturated rings. The summed E-state index contributed by atoms with van der Waals surface area (Å²) in [5.41, 5.74) is 7.13. The number of hydrogen-bond donors (Lipinski definition) is 2. The SMILES string of the molecule is COC(=O)C1=C(N)n2c(s/c(=C/c3ccc(Cl)cc3Cl)c2=O)=C(C(=O)Nc2ccc(Cl)cc2)C1c1ccc(Cl)cc1Cl. The molecule has 1 aliphatic heterocycles. The predicted molar refractivity (Wildman–Crippen MR) is 170 cm³/mol. The van der Waals surface area contributed by atoms with Crippen LogP contribution >= 0.6 is 69.3 Å². The lowest BCUT2D eigenvalue weighted by Crippen LogP contribution is -2.42. The van der Waals surface area contributed by atoms with Crippen molar-refractivity contribution in [3.63, 3.8) is 0 Å². The molecule has 7 nitrogen and oxygen atoms in total. The van der Waals surface area contributed by atoms with Crippen molar-refractivity contribution in [2.24, 2.45) is 5.73 Å².